The van der Waals surface area contributed by atoms with E-state index in [-0.39, 0.29) is 5.41 Å². The molecule has 1 aromatic carbocycles. The van der Waals surface area contributed by atoms with Crippen molar-refractivity contribution in [3.63, 3.8) is 0 Å². The first-order valence-corrected chi connectivity index (χ1v) is 13.7. The minimum atomic E-state index is -1.73. The first kappa shape index (κ1) is 23.9. The van der Waals surface area contributed by atoms with Crippen LogP contribution in [0.15, 0.2) is 30.3 Å². The van der Waals surface area contributed by atoms with Crippen LogP contribution in [-0.4, -0.2) is 23.9 Å². The molecule has 1 aromatic rings. The van der Waals surface area contributed by atoms with Gasteiger partial charge in [0, 0.05) is 19.3 Å². The third-order valence-electron chi connectivity index (χ3n) is 4.84. The Bertz CT molecular complexity index is 509. The summed E-state index contributed by atoms with van der Waals surface area (Å²) < 4.78 is 2.74. The molecule has 0 radical (unpaired) electrons. The summed E-state index contributed by atoms with van der Waals surface area (Å²) in [6.07, 6.45) is 9.92. The monoisotopic (exact) mass is 395 g/mol. The minimum Gasteiger partial charge on any atom is -0.271 e. The Balaban J connectivity index is 3.02. The summed E-state index contributed by atoms with van der Waals surface area (Å²) in [5.74, 6) is 0. The molecule has 0 saturated heterocycles. The highest BCUT2D eigenvalue weighted by Gasteiger charge is 2.31. The number of unbranched alkanes of at least 4 members (excludes halogenated alkanes) is 6. The van der Waals surface area contributed by atoms with Crippen LogP contribution in [0.3, 0.4) is 0 Å². The van der Waals surface area contributed by atoms with Gasteiger partial charge in [0.2, 0.25) is 0 Å². The Morgan fingerprint density at radius 1 is 0.808 bits per heavy atom. The van der Waals surface area contributed by atoms with E-state index >= 15 is 0 Å². The van der Waals surface area contributed by atoms with E-state index < -0.39 is 6.19 Å². The van der Waals surface area contributed by atoms with Crippen molar-refractivity contribution < 1.29 is 0 Å². The molecule has 0 heterocycles. The summed E-state index contributed by atoms with van der Waals surface area (Å²) >= 11 is 6.53. The number of benzene rings is 1. The summed E-state index contributed by atoms with van der Waals surface area (Å²) in [5, 5.41) is 1.41. The van der Waals surface area contributed by atoms with E-state index in [9.17, 15) is 0 Å². The average molecular weight is 396 g/mol. The first-order valence-electron chi connectivity index (χ1n) is 10.7. The van der Waals surface area contributed by atoms with Crippen molar-refractivity contribution in [1.82, 2.24) is 4.67 Å². The molecule has 0 aliphatic carbocycles. The second-order valence-corrected chi connectivity index (χ2v) is 13.4. The van der Waals surface area contributed by atoms with Gasteiger partial charge in [-0.1, -0.05) is 115 Å². The van der Waals surface area contributed by atoms with Crippen LogP contribution in [-0.2, 0) is 11.8 Å². The molecule has 0 N–H and O–H groups in total. The Labute approximate surface area is 169 Å². The molecule has 26 heavy (non-hydrogen) atoms. The highest BCUT2D eigenvalue weighted by atomic mass is 32.4. The summed E-state index contributed by atoms with van der Waals surface area (Å²) in [7, 11) is 0. The molecule has 1 rings (SSSR count). The SMILES string of the molecule is CCCCCCN(CCCCCC)P(=S)(CC(C)(C)C)c1ccccc1. The number of hydrogen-bond acceptors (Lipinski definition) is 1. The number of rotatable bonds is 13. The van der Waals surface area contributed by atoms with Gasteiger partial charge in [0.15, 0.2) is 0 Å². The fraction of sp³-hybridized carbons (Fsp3) is 0.739. The number of nitrogens with zero attached hydrogens (tertiary/aromatic N) is 1. The predicted octanol–water partition coefficient (Wildman–Crippen LogP) is 7.22. The van der Waals surface area contributed by atoms with Gasteiger partial charge >= 0.3 is 0 Å². The lowest BCUT2D eigenvalue weighted by Crippen LogP contribution is -2.33. The molecule has 0 aliphatic rings. The van der Waals surface area contributed by atoms with E-state index in [0.717, 1.165) is 6.16 Å². The Morgan fingerprint density at radius 2 is 1.31 bits per heavy atom. The molecular weight excluding hydrogens is 353 g/mol. The fourth-order valence-electron chi connectivity index (χ4n) is 3.54. The van der Waals surface area contributed by atoms with E-state index in [1.807, 2.05) is 0 Å². The van der Waals surface area contributed by atoms with Gasteiger partial charge in [0.25, 0.3) is 0 Å². The molecule has 0 spiro atoms. The lowest BCUT2D eigenvalue weighted by Gasteiger charge is -2.39. The van der Waals surface area contributed by atoms with Crippen LogP contribution in [0.4, 0.5) is 0 Å². The highest BCUT2D eigenvalue weighted by Crippen LogP contribution is 2.53. The van der Waals surface area contributed by atoms with Crippen molar-refractivity contribution in [2.75, 3.05) is 19.3 Å². The van der Waals surface area contributed by atoms with Crippen molar-refractivity contribution in [2.45, 2.75) is 86.0 Å². The van der Waals surface area contributed by atoms with Gasteiger partial charge in [-0.05, 0) is 29.7 Å². The quantitative estimate of drug-likeness (QED) is 0.256. The predicted molar refractivity (Wildman–Crippen MR) is 125 cm³/mol. The van der Waals surface area contributed by atoms with Gasteiger partial charge in [0.05, 0.1) is 0 Å². The normalized spacial score (nSPS) is 14.5. The summed E-state index contributed by atoms with van der Waals surface area (Å²) in [6.45, 7) is 14.0. The molecule has 1 nitrogen and oxygen atoms in total. The van der Waals surface area contributed by atoms with Crippen molar-refractivity contribution in [3.8, 4) is 0 Å². The minimum absolute atomic E-state index is 0.260. The van der Waals surface area contributed by atoms with Crippen LogP contribution in [0, 0.1) is 5.41 Å². The van der Waals surface area contributed by atoms with E-state index in [1.54, 1.807) is 0 Å². The first-order chi connectivity index (χ1) is 12.3. The van der Waals surface area contributed by atoms with Crippen LogP contribution in [0.5, 0.6) is 0 Å². The zero-order valence-electron chi connectivity index (χ0n) is 18.0. The smallest absolute Gasteiger partial charge is 0.0434 e. The Hall–Kier alpha value is -0.170. The third kappa shape index (κ3) is 8.68. The topological polar surface area (TPSA) is 3.24 Å². The Kier molecular flexibility index (Phi) is 11.3. The summed E-state index contributed by atoms with van der Waals surface area (Å²) in [6, 6.07) is 11.0. The fourth-order valence-corrected chi connectivity index (χ4v) is 9.11. The zero-order chi connectivity index (χ0) is 19.5. The second-order valence-electron chi connectivity index (χ2n) is 8.83. The lowest BCUT2D eigenvalue weighted by molar-refractivity contribution is 0.404. The molecule has 0 aromatic heterocycles. The molecule has 150 valence electrons. The maximum atomic E-state index is 6.53. The van der Waals surface area contributed by atoms with Gasteiger partial charge < -0.3 is 0 Å². The molecule has 0 aliphatic heterocycles. The van der Waals surface area contributed by atoms with Crippen LogP contribution in [0.25, 0.3) is 0 Å². The summed E-state index contributed by atoms with van der Waals surface area (Å²) in [5.41, 5.74) is 0.260. The van der Waals surface area contributed by atoms with E-state index in [0.29, 0.717) is 0 Å². The molecule has 0 bridgehead atoms. The lowest BCUT2D eigenvalue weighted by atomic mass is 10.0. The van der Waals surface area contributed by atoms with E-state index in [2.05, 4.69) is 69.6 Å². The van der Waals surface area contributed by atoms with Crippen molar-refractivity contribution in [3.05, 3.63) is 30.3 Å². The van der Waals surface area contributed by atoms with Crippen LogP contribution in [0.2, 0.25) is 0 Å². The van der Waals surface area contributed by atoms with Gasteiger partial charge in [-0.3, -0.25) is 4.67 Å². The van der Waals surface area contributed by atoms with E-state index in [4.69, 9.17) is 11.8 Å². The van der Waals surface area contributed by atoms with Gasteiger partial charge in [-0.25, -0.2) is 0 Å². The van der Waals surface area contributed by atoms with Crippen LogP contribution >= 0.6 is 6.19 Å². The van der Waals surface area contributed by atoms with Gasteiger partial charge in [-0.2, -0.15) is 0 Å². The zero-order valence-corrected chi connectivity index (χ0v) is 19.7. The maximum Gasteiger partial charge on any atom is 0.0434 e. The molecular formula is C23H42NPS. The molecule has 0 amide bonds. The summed E-state index contributed by atoms with van der Waals surface area (Å²) in [4.78, 5) is 0. The molecule has 0 fully saturated rings. The van der Waals surface area contributed by atoms with Crippen LogP contribution < -0.4 is 5.30 Å². The van der Waals surface area contributed by atoms with Gasteiger partial charge in [-0.15, -0.1) is 0 Å². The molecule has 1 atom stereocenters. The van der Waals surface area contributed by atoms with Crippen molar-refractivity contribution in [1.29, 1.82) is 0 Å². The van der Waals surface area contributed by atoms with Crippen molar-refractivity contribution >= 4 is 23.3 Å². The standard InChI is InChI=1S/C23H42NPS/c1-6-8-10-15-19-24(20-16-11-9-7-2)25(26,21-23(3,4)5)22-17-13-12-14-18-22/h12-14,17-18H,6-11,15-16,19-21H2,1-5H3. The van der Waals surface area contributed by atoms with Crippen LogP contribution in [0.1, 0.15) is 86.0 Å². The maximum absolute atomic E-state index is 6.53. The second kappa shape index (κ2) is 12.3. The number of hydrogen-bond donors (Lipinski definition) is 0. The molecule has 3 heteroatoms. The average Bonchev–Trinajstić information content (AvgIpc) is 2.59. The largest absolute Gasteiger partial charge is 0.271 e. The van der Waals surface area contributed by atoms with E-state index in [1.165, 1.54) is 69.8 Å². The molecule has 0 saturated carbocycles. The third-order valence-corrected chi connectivity index (χ3v) is 10.4. The molecule has 1 unspecified atom stereocenters. The highest BCUT2D eigenvalue weighted by molar-refractivity contribution is 8.17. The van der Waals surface area contributed by atoms with Crippen molar-refractivity contribution in [2.24, 2.45) is 5.41 Å². The van der Waals surface area contributed by atoms with Gasteiger partial charge in [0.1, 0.15) is 0 Å². The Morgan fingerprint density at radius 3 is 1.73 bits per heavy atom.